The molecule has 0 aromatic heterocycles. The van der Waals surface area contributed by atoms with Gasteiger partial charge in [0, 0.05) is 6.08 Å². The molecule has 6 heteroatoms. The lowest BCUT2D eigenvalue weighted by Gasteiger charge is -2.06. The summed E-state index contributed by atoms with van der Waals surface area (Å²) in [6.07, 6.45) is 3.01. The molecule has 0 bridgehead atoms. The Hall–Kier alpha value is -3.28. The second-order valence-electron chi connectivity index (χ2n) is 4.85. The summed E-state index contributed by atoms with van der Waals surface area (Å²) in [5.41, 5.74) is 6.71. The van der Waals surface area contributed by atoms with Gasteiger partial charge in [0.1, 0.15) is 0 Å². The summed E-state index contributed by atoms with van der Waals surface area (Å²) >= 11 is 0. The van der Waals surface area contributed by atoms with Gasteiger partial charge in [-0.25, -0.2) is 0 Å². The number of amides is 2. The molecule has 2 aromatic rings. The zero-order valence-electron chi connectivity index (χ0n) is 12.1. The molecule has 3 rings (SSSR count). The van der Waals surface area contributed by atoms with E-state index in [4.69, 9.17) is 15.2 Å². The van der Waals surface area contributed by atoms with Crippen LogP contribution in [0.1, 0.15) is 15.9 Å². The Morgan fingerprint density at radius 2 is 1.87 bits per heavy atom. The van der Waals surface area contributed by atoms with E-state index in [1.54, 1.807) is 42.5 Å². The highest BCUT2D eigenvalue weighted by Gasteiger charge is 2.12. The largest absolute Gasteiger partial charge is 0.454 e. The molecule has 0 aliphatic carbocycles. The van der Waals surface area contributed by atoms with Crippen LogP contribution in [0, 0.1) is 0 Å². The number of hydrogen-bond acceptors (Lipinski definition) is 4. The van der Waals surface area contributed by atoms with Gasteiger partial charge in [-0.2, -0.15) is 0 Å². The number of hydrogen-bond donors (Lipinski definition) is 2. The highest BCUT2D eigenvalue weighted by molar-refractivity contribution is 6.07. The fraction of sp³-hybridized carbons (Fsp3) is 0.0588. The van der Waals surface area contributed by atoms with Crippen LogP contribution < -0.4 is 20.5 Å². The van der Waals surface area contributed by atoms with Gasteiger partial charge in [-0.3, -0.25) is 9.59 Å². The molecule has 0 fully saturated rings. The molecule has 0 atom stereocenters. The summed E-state index contributed by atoms with van der Waals surface area (Å²) in [6.45, 7) is 0.201. The topological polar surface area (TPSA) is 90.7 Å². The summed E-state index contributed by atoms with van der Waals surface area (Å²) in [4.78, 5) is 23.3. The first kappa shape index (κ1) is 14.6. The average Bonchev–Trinajstić information content (AvgIpc) is 3.01. The smallest absolute Gasteiger partial charge is 0.250 e. The maximum atomic E-state index is 12.0. The van der Waals surface area contributed by atoms with E-state index in [0.717, 1.165) is 5.56 Å². The number of carbonyl (C=O) groups is 2. The number of nitrogens with one attached hydrogen (secondary N) is 1. The van der Waals surface area contributed by atoms with Crippen LogP contribution in [0.15, 0.2) is 48.5 Å². The second-order valence-corrected chi connectivity index (χ2v) is 4.85. The Kier molecular flexibility index (Phi) is 3.97. The van der Waals surface area contributed by atoms with Crippen molar-refractivity contribution in [1.29, 1.82) is 0 Å². The standard InChI is InChI=1S/C17H14N2O4/c18-17(21)12-3-1-2-4-13(12)19-16(20)8-6-11-5-7-14-15(9-11)23-10-22-14/h1-9H,10H2,(H2,18,21)(H,19,20). The van der Waals surface area contributed by atoms with Crippen LogP contribution in [0.2, 0.25) is 0 Å². The summed E-state index contributed by atoms with van der Waals surface area (Å²) in [5.74, 6) is 0.366. The molecule has 0 unspecified atom stereocenters. The minimum atomic E-state index is -0.597. The van der Waals surface area contributed by atoms with Gasteiger partial charge in [-0.15, -0.1) is 0 Å². The van der Waals surface area contributed by atoms with E-state index in [0.29, 0.717) is 17.2 Å². The first-order valence-corrected chi connectivity index (χ1v) is 6.91. The zero-order valence-corrected chi connectivity index (χ0v) is 12.1. The monoisotopic (exact) mass is 310 g/mol. The number of primary amides is 1. The number of anilines is 1. The van der Waals surface area contributed by atoms with Crippen LogP contribution in [0.4, 0.5) is 5.69 Å². The van der Waals surface area contributed by atoms with Crippen molar-refractivity contribution in [2.45, 2.75) is 0 Å². The molecule has 6 nitrogen and oxygen atoms in total. The van der Waals surface area contributed by atoms with Crippen LogP contribution in [0.5, 0.6) is 11.5 Å². The number of ether oxygens (including phenoxy) is 2. The van der Waals surface area contributed by atoms with Crippen molar-refractivity contribution >= 4 is 23.6 Å². The third-order valence-corrected chi connectivity index (χ3v) is 3.27. The van der Waals surface area contributed by atoms with Gasteiger partial charge in [0.2, 0.25) is 12.7 Å². The SMILES string of the molecule is NC(=O)c1ccccc1NC(=O)C=Cc1ccc2c(c1)OCO2. The van der Waals surface area contributed by atoms with E-state index in [-0.39, 0.29) is 18.3 Å². The molecule has 0 spiro atoms. The number of para-hydroxylation sites is 1. The summed E-state index contributed by atoms with van der Waals surface area (Å²) < 4.78 is 10.5. The number of carbonyl (C=O) groups excluding carboxylic acids is 2. The summed E-state index contributed by atoms with van der Waals surface area (Å²) in [6, 6.07) is 11.9. The number of fused-ring (bicyclic) bond motifs is 1. The lowest BCUT2D eigenvalue weighted by molar-refractivity contribution is -0.111. The van der Waals surface area contributed by atoms with E-state index in [1.165, 1.54) is 6.08 Å². The molecule has 1 heterocycles. The van der Waals surface area contributed by atoms with Crippen LogP contribution in [-0.4, -0.2) is 18.6 Å². The Bertz CT molecular complexity index is 799. The van der Waals surface area contributed by atoms with Crippen molar-refractivity contribution in [2.75, 3.05) is 12.1 Å². The average molecular weight is 310 g/mol. The zero-order chi connectivity index (χ0) is 16.2. The quantitative estimate of drug-likeness (QED) is 0.847. The van der Waals surface area contributed by atoms with Gasteiger partial charge < -0.3 is 20.5 Å². The van der Waals surface area contributed by atoms with Crippen molar-refractivity contribution in [3.63, 3.8) is 0 Å². The van der Waals surface area contributed by atoms with E-state index in [2.05, 4.69) is 5.32 Å². The lowest BCUT2D eigenvalue weighted by atomic mass is 10.1. The molecular weight excluding hydrogens is 296 g/mol. The predicted molar refractivity (Wildman–Crippen MR) is 85.2 cm³/mol. The van der Waals surface area contributed by atoms with Gasteiger partial charge >= 0.3 is 0 Å². The Labute approximate surface area is 132 Å². The summed E-state index contributed by atoms with van der Waals surface area (Å²) in [5, 5.41) is 2.63. The molecule has 3 N–H and O–H groups in total. The third-order valence-electron chi connectivity index (χ3n) is 3.27. The van der Waals surface area contributed by atoms with Gasteiger partial charge in [-0.1, -0.05) is 18.2 Å². The van der Waals surface area contributed by atoms with Gasteiger partial charge in [0.15, 0.2) is 11.5 Å². The highest BCUT2D eigenvalue weighted by Crippen LogP contribution is 2.32. The molecule has 0 radical (unpaired) electrons. The maximum Gasteiger partial charge on any atom is 0.250 e. The first-order valence-electron chi connectivity index (χ1n) is 6.91. The molecule has 0 saturated carbocycles. The minimum Gasteiger partial charge on any atom is -0.454 e. The molecule has 2 aromatic carbocycles. The lowest BCUT2D eigenvalue weighted by Crippen LogP contribution is -2.16. The normalized spacial score (nSPS) is 12.3. The highest BCUT2D eigenvalue weighted by atomic mass is 16.7. The summed E-state index contributed by atoms with van der Waals surface area (Å²) in [7, 11) is 0. The van der Waals surface area contributed by atoms with Gasteiger partial charge in [0.25, 0.3) is 5.91 Å². The Morgan fingerprint density at radius 1 is 1.09 bits per heavy atom. The minimum absolute atomic E-state index is 0.201. The number of benzene rings is 2. The molecular formula is C17H14N2O4. The fourth-order valence-corrected chi connectivity index (χ4v) is 2.17. The number of nitrogens with two attached hydrogens (primary N) is 1. The molecule has 2 amide bonds. The molecule has 116 valence electrons. The fourth-order valence-electron chi connectivity index (χ4n) is 2.17. The third kappa shape index (κ3) is 3.32. The van der Waals surface area contributed by atoms with Crippen molar-refractivity contribution < 1.29 is 19.1 Å². The van der Waals surface area contributed by atoms with Crippen molar-refractivity contribution in [1.82, 2.24) is 0 Å². The van der Waals surface area contributed by atoms with Gasteiger partial charge in [0.05, 0.1) is 11.3 Å². The van der Waals surface area contributed by atoms with E-state index in [1.807, 2.05) is 6.07 Å². The van der Waals surface area contributed by atoms with Crippen LogP contribution in [0.25, 0.3) is 6.08 Å². The van der Waals surface area contributed by atoms with Crippen molar-refractivity contribution in [3.8, 4) is 11.5 Å². The van der Waals surface area contributed by atoms with Crippen LogP contribution in [-0.2, 0) is 4.79 Å². The van der Waals surface area contributed by atoms with E-state index in [9.17, 15) is 9.59 Å². The van der Waals surface area contributed by atoms with Crippen LogP contribution in [0.3, 0.4) is 0 Å². The van der Waals surface area contributed by atoms with E-state index >= 15 is 0 Å². The van der Waals surface area contributed by atoms with Gasteiger partial charge in [-0.05, 0) is 35.9 Å². The maximum absolute atomic E-state index is 12.0. The Morgan fingerprint density at radius 3 is 2.70 bits per heavy atom. The number of rotatable bonds is 4. The predicted octanol–water partition coefficient (Wildman–Crippen LogP) is 2.17. The second kappa shape index (κ2) is 6.23. The Balaban J connectivity index is 1.71. The van der Waals surface area contributed by atoms with E-state index < -0.39 is 5.91 Å². The molecule has 0 saturated heterocycles. The first-order chi connectivity index (χ1) is 11.1. The molecule has 23 heavy (non-hydrogen) atoms. The van der Waals surface area contributed by atoms with Crippen LogP contribution >= 0.6 is 0 Å². The van der Waals surface area contributed by atoms with Crippen molar-refractivity contribution in [2.24, 2.45) is 5.73 Å². The molecule has 1 aliphatic rings. The van der Waals surface area contributed by atoms with Crippen molar-refractivity contribution in [3.05, 3.63) is 59.7 Å². The molecule has 1 aliphatic heterocycles.